The van der Waals surface area contributed by atoms with Gasteiger partial charge < -0.3 is 9.84 Å². The predicted octanol–water partition coefficient (Wildman–Crippen LogP) is 2.08. The number of hydrogen-bond acceptors (Lipinski definition) is 5. The summed E-state index contributed by atoms with van der Waals surface area (Å²) in [5.41, 5.74) is 0.915. The first-order chi connectivity index (χ1) is 11.6. The van der Waals surface area contributed by atoms with Crippen LogP contribution in [0.3, 0.4) is 0 Å². The molecule has 3 aromatic rings. The van der Waals surface area contributed by atoms with Crippen molar-refractivity contribution in [3.63, 3.8) is 0 Å². The molecule has 0 aliphatic rings. The normalized spacial score (nSPS) is 10.8. The number of rotatable bonds is 6. The van der Waals surface area contributed by atoms with Gasteiger partial charge in [-0.1, -0.05) is 28.9 Å². The average Bonchev–Trinajstić information content (AvgIpc) is 3.19. The van der Waals surface area contributed by atoms with Gasteiger partial charge in [0.2, 0.25) is 0 Å². The Hall–Kier alpha value is -2.74. The molecule has 0 atom stereocenters. The maximum atomic E-state index is 12.8. The minimum absolute atomic E-state index is 0.123. The molecule has 24 heavy (non-hydrogen) atoms. The molecule has 2 aromatic heterocycles. The summed E-state index contributed by atoms with van der Waals surface area (Å²) in [6.45, 7) is 0.621. The molecule has 1 aromatic carbocycles. The lowest BCUT2D eigenvalue weighted by molar-refractivity contribution is 0.0910. The molecule has 124 valence electrons. The summed E-state index contributed by atoms with van der Waals surface area (Å²) in [7, 11) is 0. The van der Waals surface area contributed by atoms with Gasteiger partial charge >= 0.3 is 11.8 Å². The molecule has 1 N–H and O–H groups in total. The summed E-state index contributed by atoms with van der Waals surface area (Å²) in [4.78, 5) is 16.0. The second-order valence-corrected chi connectivity index (χ2v) is 5.44. The number of carbonyl (C=O) groups excluding carboxylic acids is 1. The van der Waals surface area contributed by atoms with Gasteiger partial charge in [0.1, 0.15) is 12.4 Å². The van der Waals surface area contributed by atoms with Crippen molar-refractivity contribution in [2.75, 3.05) is 6.54 Å². The zero-order chi connectivity index (χ0) is 16.9. The molecule has 0 saturated carbocycles. The summed E-state index contributed by atoms with van der Waals surface area (Å²) in [5.74, 6) is -0.560. The number of benzene rings is 1. The fourth-order valence-corrected chi connectivity index (χ4v) is 2.18. The quantitative estimate of drug-likeness (QED) is 0.736. The average molecular weight is 350 g/mol. The van der Waals surface area contributed by atoms with E-state index in [0.717, 1.165) is 5.56 Å². The van der Waals surface area contributed by atoms with E-state index < -0.39 is 5.91 Å². The van der Waals surface area contributed by atoms with Crippen molar-refractivity contribution in [3.05, 3.63) is 64.8 Å². The Kier molecular flexibility index (Phi) is 4.85. The lowest BCUT2D eigenvalue weighted by Crippen LogP contribution is -2.26. The van der Waals surface area contributed by atoms with Crippen molar-refractivity contribution in [2.45, 2.75) is 13.0 Å². The molecule has 0 radical (unpaired) electrons. The molecular weight excluding hydrogens is 337 g/mol. The zero-order valence-corrected chi connectivity index (χ0v) is 13.2. The van der Waals surface area contributed by atoms with Crippen molar-refractivity contribution in [2.24, 2.45) is 0 Å². The molecule has 0 bridgehead atoms. The SMILES string of the molecule is O=C(NCCc1ccc(F)cc1)c1nc(Cn2cc(Cl)cn2)no1. The molecule has 0 aliphatic heterocycles. The lowest BCUT2D eigenvalue weighted by Gasteiger charge is -2.02. The second kappa shape index (κ2) is 7.22. The van der Waals surface area contributed by atoms with E-state index in [2.05, 4.69) is 20.6 Å². The molecule has 7 nitrogen and oxygen atoms in total. The third-order valence-electron chi connectivity index (χ3n) is 3.18. The molecule has 0 fully saturated rings. The standard InChI is InChI=1S/C15H13ClFN5O2/c16-11-7-19-22(8-11)9-13-20-15(24-21-13)14(23)18-6-5-10-1-3-12(17)4-2-10/h1-4,7-8H,5-6,9H2,(H,18,23). The first kappa shape index (κ1) is 16.1. The summed E-state index contributed by atoms with van der Waals surface area (Å²) in [6.07, 6.45) is 3.67. The van der Waals surface area contributed by atoms with Gasteiger partial charge in [0.25, 0.3) is 0 Å². The summed E-state index contributed by atoms with van der Waals surface area (Å²) >= 11 is 5.77. The van der Waals surface area contributed by atoms with Gasteiger partial charge in [-0.2, -0.15) is 10.1 Å². The Morgan fingerprint density at radius 2 is 2.12 bits per heavy atom. The Bertz CT molecular complexity index is 831. The van der Waals surface area contributed by atoms with Crippen LogP contribution >= 0.6 is 11.6 Å². The van der Waals surface area contributed by atoms with E-state index in [1.54, 1.807) is 18.3 Å². The monoisotopic (exact) mass is 349 g/mol. The van der Waals surface area contributed by atoms with Gasteiger partial charge in [0.15, 0.2) is 5.82 Å². The fourth-order valence-electron chi connectivity index (χ4n) is 2.03. The number of hydrogen-bond donors (Lipinski definition) is 1. The maximum Gasteiger partial charge on any atom is 0.316 e. The number of nitrogens with zero attached hydrogens (tertiary/aromatic N) is 4. The molecule has 9 heteroatoms. The van der Waals surface area contributed by atoms with Crippen LogP contribution in [-0.4, -0.2) is 32.4 Å². The molecule has 3 rings (SSSR count). The molecule has 2 heterocycles. The van der Waals surface area contributed by atoms with Crippen molar-refractivity contribution in [3.8, 4) is 0 Å². The molecule has 1 amide bonds. The van der Waals surface area contributed by atoms with Crippen molar-refractivity contribution < 1.29 is 13.7 Å². The van der Waals surface area contributed by atoms with E-state index >= 15 is 0 Å². The summed E-state index contributed by atoms with van der Waals surface area (Å²) in [6, 6.07) is 6.09. The largest absolute Gasteiger partial charge is 0.347 e. The summed E-state index contributed by atoms with van der Waals surface area (Å²) < 4.78 is 19.3. The molecule has 0 unspecified atom stereocenters. The van der Waals surface area contributed by atoms with Crippen molar-refractivity contribution in [1.29, 1.82) is 0 Å². The Morgan fingerprint density at radius 1 is 1.33 bits per heavy atom. The maximum absolute atomic E-state index is 12.8. The topological polar surface area (TPSA) is 85.8 Å². The van der Waals surface area contributed by atoms with E-state index in [-0.39, 0.29) is 18.3 Å². The van der Waals surface area contributed by atoms with Crippen LogP contribution in [0.4, 0.5) is 4.39 Å². The van der Waals surface area contributed by atoms with Crippen molar-refractivity contribution in [1.82, 2.24) is 25.2 Å². The van der Waals surface area contributed by atoms with Crippen LogP contribution in [0.25, 0.3) is 0 Å². The Labute approximate surface area is 141 Å². The first-order valence-electron chi connectivity index (χ1n) is 7.13. The molecule has 0 aliphatic carbocycles. The summed E-state index contributed by atoms with van der Waals surface area (Å²) in [5, 5.41) is 10.9. The number of amides is 1. The molecule has 0 saturated heterocycles. The number of nitrogens with one attached hydrogen (secondary N) is 1. The highest BCUT2D eigenvalue weighted by Crippen LogP contribution is 2.07. The molecule has 0 spiro atoms. The van der Waals surface area contributed by atoms with Gasteiger partial charge in [-0.15, -0.1) is 0 Å². The highest BCUT2D eigenvalue weighted by atomic mass is 35.5. The van der Waals surface area contributed by atoms with E-state index in [4.69, 9.17) is 16.1 Å². The van der Waals surface area contributed by atoms with Gasteiger partial charge in [-0.25, -0.2) is 4.39 Å². The highest BCUT2D eigenvalue weighted by molar-refractivity contribution is 6.30. The highest BCUT2D eigenvalue weighted by Gasteiger charge is 2.15. The number of aromatic nitrogens is 4. The van der Waals surface area contributed by atoms with Gasteiger partial charge in [-0.05, 0) is 24.1 Å². The van der Waals surface area contributed by atoms with E-state index in [0.29, 0.717) is 23.8 Å². The zero-order valence-electron chi connectivity index (χ0n) is 12.4. The van der Waals surface area contributed by atoms with Crippen LogP contribution in [0.2, 0.25) is 5.02 Å². The van der Waals surface area contributed by atoms with E-state index in [9.17, 15) is 9.18 Å². The van der Waals surface area contributed by atoms with Crippen molar-refractivity contribution >= 4 is 17.5 Å². The first-order valence-corrected chi connectivity index (χ1v) is 7.51. The van der Waals surface area contributed by atoms with Crippen LogP contribution in [0.1, 0.15) is 22.1 Å². The van der Waals surface area contributed by atoms with Crippen LogP contribution in [0.15, 0.2) is 41.2 Å². The van der Waals surface area contributed by atoms with E-state index in [1.165, 1.54) is 23.0 Å². The van der Waals surface area contributed by atoms with Gasteiger partial charge in [0, 0.05) is 12.7 Å². The van der Waals surface area contributed by atoms with Crippen LogP contribution < -0.4 is 5.32 Å². The van der Waals surface area contributed by atoms with Gasteiger partial charge in [-0.3, -0.25) is 9.48 Å². The smallest absolute Gasteiger partial charge is 0.316 e. The van der Waals surface area contributed by atoms with Crippen LogP contribution in [0, 0.1) is 5.82 Å². The second-order valence-electron chi connectivity index (χ2n) is 5.00. The Balaban J connectivity index is 1.51. The number of carbonyl (C=O) groups is 1. The Morgan fingerprint density at radius 3 is 2.83 bits per heavy atom. The third-order valence-corrected chi connectivity index (χ3v) is 3.38. The van der Waals surface area contributed by atoms with E-state index in [1.807, 2.05) is 0 Å². The minimum atomic E-state index is -0.464. The third kappa shape index (κ3) is 4.17. The van der Waals surface area contributed by atoms with Crippen LogP contribution in [0.5, 0.6) is 0 Å². The predicted molar refractivity (Wildman–Crippen MR) is 83.1 cm³/mol. The van der Waals surface area contributed by atoms with Crippen LogP contribution in [-0.2, 0) is 13.0 Å². The molecular formula is C15H13ClFN5O2. The lowest BCUT2D eigenvalue weighted by atomic mass is 10.1. The minimum Gasteiger partial charge on any atom is -0.347 e. The fraction of sp³-hybridized carbons (Fsp3) is 0.200. The van der Waals surface area contributed by atoms with Gasteiger partial charge in [0.05, 0.1) is 11.2 Å². The number of halogens is 2.